The zero-order valence-corrected chi connectivity index (χ0v) is 11.4. The lowest BCUT2D eigenvalue weighted by Gasteiger charge is -2.07. The summed E-state index contributed by atoms with van der Waals surface area (Å²) in [6.45, 7) is 0. The summed E-state index contributed by atoms with van der Waals surface area (Å²) >= 11 is 8.89. The van der Waals surface area contributed by atoms with Crippen LogP contribution in [0, 0.1) is 10.1 Å². The van der Waals surface area contributed by atoms with Crippen LogP contribution >= 0.6 is 27.5 Å². The number of aromatic amines is 1. The molecule has 0 amide bonds. The largest absolute Gasteiger partial charge is 0.436 e. The van der Waals surface area contributed by atoms with Gasteiger partial charge < -0.3 is 9.72 Å². The van der Waals surface area contributed by atoms with Crippen molar-refractivity contribution in [2.24, 2.45) is 0 Å². The maximum atomic E-state index is 11.3. The molecule has 1 N–H and O–H groups in total. The van der Waals surface area contributed by atoms with Crippen molar-refractivity contribution in [1.29, 1.82) is 0 Å². The van der Waals surface area contributed by atoms with Crippen LogP contribution in [0.4, 0.5) is 5.69 Å². The first kappa shape index (κ1) is 13.5. The lowest BCUT2D eigenvalue weighted by Crippen LogP contribution is -2.08. The lowest BCUT2D eigenvalue weighted by atomic mass is 10.3. The molecule has 0 fully saturated rings. The molecule has 1 aromatic heterocycles. The number of non-ortho nitro benzene ring substituents is 1. The van der Waals surface area contributed by atoms with Crippen LogP contribution in [0.5, 0.6) is 11.6 Å². The van der Waals surface area contributed by atoms with Crippen LogP contribution < -0.4 is 10.3 Å². The number of nitrogens with one attached hydrogen (secondary N) is 1. The third-order valence-corrected chi connectivity index (χ3v) is 3.09. The number of nitro groups is 1. The van der Waals surface area contributed by atoms with E-state index in [0.29, 0.717) is 4.47 Å². The number of ether oxygens (including phenoxy) is 1. The van der Waals surface area contributed by atoms with Gasteiger partial charge in [0.25, 0.3) is 11.2 Å². The number of nitro benzene ring substituents is 1. The molecule has 7 nitrogen and oxygen atoms in total. The van der Waals surface area contributed by atoms with Crippen LogP contribution in [0.2, 0.25) is 5.02 Å². The maximum absolute atomic E-state index is 11.3. The average molecular weight is 347 g/mol. The van der Waals surface area contributed by atoms with Gasteiger partial charge in [0.15, 0.2) is 10.8 Å². The van der Waals surface area contributed by atoms with Crippen LogP contribution in [0.3, 0.4) is 0 Å². The molecule has 0 radical (unpaired) electrons. The van der Waals surface area contributed by atoms with Crippen LogP contribution in [0.15, 0.2) is 33.8 Å². The van der Waals surface area contributed by atoms with Crippen molar-refractivity contribution < 1.29 is 9.66 Å². The van der Waals surface area contributed by atoms with Crippen molar-refractivity contribution in [2.75, 3.05) is 0 Å². The second-order valence-electron chi connectivity index (χ2n) is 3.32. The second kappa shape index (κ2) is 5.37. The predicted octanol–water partition coefficient (Wildman–Crippen LogP) is 2.89. The van der Waals surface area contributed by atoms with Gasteiger partial charge >= 0.3 is 0 Å². The number of halogens is 2. The van der Waals surface area contributed by atoms with Gasteiger partial charge in [-0.3, -0.25) is 14.9 Å². The Morgan fingerprint density at radius 3 is 2.89 bits per heavy atom. The Labute approximate surface area is 119 Å². The average Bonchev–Trinajstić information content (AvgIpc) is 2.37. The first-order chi connectivity index (χ1) is 8.99. The summed E-state index contributed by atoms with van der Waals surface area (Å²) in [6.07, 6.45) is 1.12. The van der Waals surface area contributed by atoms with Crippen LogP contribution in [-0.4, -0.2) is 14.9 Å². The Kier molecular flexibility index (Phi) is 3.82. The molecule has 1 heterocycles. The highest BCUT2D eigenvalue weighted by molar-refractivity contribution is 9.10. The van der Waals surface area contributed by atoms with Gasteiger partial charge in [0, 0.05) is 6.07 Å². The number of nitrogens with zero attached hydrogens (tertiary/aromatic N) is 2. The highest BCUT2D eigenvalue weighted by atomic mass is 79.9. The molecule has 2 rings (SSSR count). The summed E-state index contributed by atoms with van der Waals surface area (Å²) in [5.41, 5.74) is -0.715. The monoisotopic (exact) mass is 345 g/mol. The minimum absolute atomic E-state index is 0.133. The Balaban J connectivity index is 2.43. The molecular formula is C10H5BrClN3O4. The van der Waals surface area contributed by atoms with Crippen molar-refractivity contribution in [3.8, 4) is 11.6 Å². The number of H-pyrrole nitrogens is 1. The van der Waals surface area contributed by atoms with Gasteiger partial charge in [-0.05, 0) is 22.0 Å². The first-order valence-corrected chi connectivity index (χ1v) is 6.01. The summed E-state index contributed by atoms with van der Waals surface area (Å²) < 4.78 is 5.77. The SMILES string of the molecule is O=c1[nH]cnc(Oc2cc([N+](=O)[O-])ccc2Br)c1Cl. The smallest absolute Gasteiger partial charge is 0.273 e. The van der Waals surface area contributed by atoms with E-state index in [1.807, 2.05) is 0 Å². The zero-order valence-electron chi connectivity index (χ0n) is 9.09. The zero-order chi connectivity index (χ0) is 14.0. The summed E-state index contributed by atoms with van der Waals surface area (Å²) in [6, 6.07) is 3.96. The highest BCUT2D eigenvalue weighted by Gasteiger charge is 2.14. The minimum atomic E-state index is -0.563. The standard InChI is InChI=1S/C10H5BrClN3O4/c11-6-2-1-5(15(17)18)3-7(6)19-10-8(12)9(16)13-4-14-10/h1-4H,(H,13,14,16). The van der Waals surface area contributed by atoms with Crippen molar-refractivity contribution in [2.45, 2.75) is 0 Å². The normalized spacial score (nSPS) is 10.2. The molecule has 1 aromatic carbocycles. The van der Waals surface area contributed by atoms with E-state index in [9.17, 15) is 14.9 Å². The molecule has 98 valence electrons. The van der Waals surface area contributed by atoms with E-state index in [1.54, 1.807) is 0 Å². The Morgan fingerprint density at radius 2 is 2.21 bits per heavy atom. The number of hydrogen-bond acceptors (Lipinski definition) is 5. The fraction of sp³-hybridized carbons (Fsp3) is 0. The third kappa shape index (κ3) is 2.91. The molecule has 9 heteroatoms. The first-order valence-electron chi connectivity index (χ1n) is 4.84. The number of benzene rings is 1. The summed E-state index contributed by atoms with van der Waals surface area (Å²) in [7, 11) is 0. The van der Waals surface area contributed by atoms with Gasteiger partial charge in [-0.25, -0.2) is 4.98 Å². The van der Waals surface area contributed by atoms with Gasteiger partial charge in [0.1, 0.15) is 0 Å². The van der Waals surface area contributed by atoms with Gasteiger partial charge in [0.2, 0.25) is 5.88 Å². The van der Waals surface area contributed by atoms with E-state index in [-0.39, 0.29) is 22.3 Å². The molecule has 0 bridgehead atoms. The fourth-order valence-electron chi connectivity index (χ4n) is 1.23. The summed E-state index contributed by atoms with van der Waals surface area (Å²) in [5, 5.41) is 10.4. The molecule has 0 aliphatic carbocycles. The molecule has 0 saturated carbocycles. The van der Waals surface area contributed by atoms with E-state index >= 15 is 0 Å². The van der Waals surface area contributed by atoms with Crippen molar-refractivity contribution in [3.63, 3.8) is 0 Å². The van der Waals surface area contributed by atoms with Gasteiger partial charge in [-0.15, -0.1) is 0 Å². The van der Waals surface area contributed by atoms with Crippen LogP contribution in [0.1, 0.15) is 0 Å². The quantitative estimate of drug-likeness (QED) is 0.680. The molecule has 0 aliphatic heterocycles. The van der Waals surface area contributed by atoms with E-state index in [4.69, 9.17) is 16.3 Å². The molecule has 19 heavy (non-hydrogen) atoms. The van der Waals surface area contributed by atoms with Crippen LogP contribution in [0.25, 0.3) is 0 Å². The summed E-state index contributed by atoms with van der Waals surface area (Å²) in [4.78, 5) is 27.4. The summed E-state index contributed by atoms with van der Waals surface area (Å²) in [5.74, 6) is 0.000754. The Morgan fingerprint density at radius 1 is 1.47 bits per heavy atom. The van der Waals surface area contributed by atoms with E-state index < -0.39 is 10.5 Å². The lowest BCUT2D eigenvalue weighted by molar-refractivity contribution is -0.384. The predicted molar refractivity (Wildman–Crippen MR) is 70.7 cm³/mol. The Hall–Kier alpha value is -1.93. The molecule has 0 saturated heterocycles. The van der Waals surface area contributed by atoms with Crippen molar-refractivity contribution in [3.05, 3.63) is 54.5 Å². The fourth-order valence-corrected chi connectivity index (χ4v) is 1.70. The molecule has 2 aromatic rings. The molecule has 0 spiro atoms. The molecule has 0 aliphatic rings. The number of hydrogen-bond donors (Lipinski definition) is 1. The van der Waals surface area contributed by atoms with Gasteiger partial charge in [-0.1, -0.05) is 11.6 Å². The van der Waals surface area contributed by atoms with Crippen molar-refractivity contribution >= 4 is 33.2 Å². The van der Waals surface area contributed by atoms with E-state index in [2.05, 4.69) is 25.9 Å². The molecule has 0 unspecified atom stereocenters. The highest BCUT2D eigenvalue weighted by Crippen LogP contribution is 2.33. The van der Waals surface area contributed by atoms with Gasteiger partial charge in [-0.2, -0.15) is 0 Å². The number of aromatic nitrogens is 2. The Bertz CT molecular complexity index is 703. The molecule has 0 atom stereocenters. The van der Waals surface area contributed by atoms with E-state index in [0.717, 1.165) is 6.33 Å². The van der Waals surface area contributed by atoms with Crippen molar-refractivity contribution in [1.82, 2.24) is 9.97 Å². The number of rotatable bonds is 3. The van der Waals surface area contributed by atoms with E-state index in [1.165, 1.54) is 18.2 Å². The molecular weight excluding hydrogens is 341 g/mol. The second-order valence-corrected chi connectivity index (χ2v) is 4.56. The van der Waals surface area contributed by atoms with Crippen LogP contribution in [-0.2, 0) is 0 Å². The topological polar surface area (TPSA) is 98.1 Å². The maximum Gasteiger partial charge on any atom is 0.273 e. The third-order valence-electron chi connectivity index (χ3n) is 2.10. The minimum Gasteiger partial charge on any atom is -0.436 e. The van der Waals surface area contributed by atoms with Gasteiger partial charge in [0.05, 0.1) is 21.8 Å².